The molecule has 1 unspecified atom stereocenters. The maximum Gasteiger partial charge on any atom is 0.248 e. The Morgan fingerprint density at radius 1 is 0.729 bits per heavy atom. The minimum Gasteiger partial charge on any atom is -0.362 e. The quantitative estimate of drug-likeness (QED) is 0.0275. The van der Waals surface area contributed by atoms with Crippen molar-refractivity contribution in [2.24, 2.45) is 0 Å². The highest BCUT2D eigenvalue weighted by Crippen LogP contribution is 2.09. The average Bonchev–Trinajstić information content (AvgIpc) is 3.07. The molecule has 0 radical (unpaired) electrons. The van der Waals surface area contributed by atoms with Crippen molar-refractivity contribution in [3.63, 3.8) is 0 Å². The molecule has 0 aliphatic carbocycles. The third kappa shape index (κ3) is 19.7. The van der Waals surface area contributed by atoms with Gasteiger partial charge in [0, 0.05) is 64.5 Å². The van der Waals surface area contributed by atoms with Gasteiger partial charge in [-0.05, 0) is 75.7 Å². The molecule has 0 aromatic heterocycles. The van der Waals surface area contributed by atoms with Gasteiger partial charge in [-0.25, -0.2) is 15.2 Å². The highest BCUT2D eigenvalue weighted by molar-refractivity contribution is 7.80. The number of carbonyl (C=O) groups is 5. The zero-order valence-corrected chi connectivity index (χ0v) is 28.9. The topological polar surface area (TPSA) is 204 Å². The molecule has 7 N–H and O–H groups in total. The number of unbranched alkanes of at least 4 members (excludes halogenated alkanes) is 5. The standard InChI is InChI=1S/C32H53N7O8S/c1-3-4-16-27(39(47)31(44)20-17-28(41)33-21-10-6-12-23-37(45)25(2)40)36-29(42)18-19-30(43)38(46)24-13-7-11-22-34-32(48)35-26-14-8-5-9-15-26/h5,8-9,14-15,27,45-47H,3-4,6-7,10-13,16-24H2,1-2H3,(H,33,41)(H,36,42)(H2,34,35,48). The summed E-state index contributed by atoms with van der Waals surface area (Å²) in [6.07, 6.45) is 3.60. The Kier molecular flexibility index (Phi) is 22.1. The summed E-state index contributed by atoms with van der Waals surface area (Å²) in [7, 11) is 0. The van der Waals surface area contributed by atoms with Gasteiger partial charge in [-0.1, -0.05) is 31.5 Å². The van der Waals surface area contributed by atoms with Crippen molar-refractivity contribution in [1.29, 1.82) is 0 Å². The van der Waals surface area contributed by atoms with Gasteiger partial charge >= 0.3 is 0 Å². The number of hydroxylamine groups is 6. The minimum absolute atomic E-state index is 0.113. The number of anilines is 1. The fourth-order valence-corrected chi connectivity index (χ4v) is 4.61. The van der Waals surface area contributed by atoms with E-state index in [1.165, 1.54) is 6.92 Å². The smallest absolute Gasteiger partial charge is 0.248 e. The van der Waals surface area contributed by atoms with Crippen molar-refractivity contribution in [3.05, 3.63) is 30.3 Å². The Balaban J connectivity index is 2.30. The minimum atomic E-state index is -1.03. The van der Waals surface area contributed by atoms with E-state index in [1.54, 1.807) is 0 Å². The van der Waals surface area contributed by atoms with Crippen LogP contribution in [0.3, 0.4) is 0 Å². The summed E-state index contributed by atoms with van der Waals surface area (Å²) in [5.74, 6) is -2.73. The summed E-state index contributed by atoms with van der Waals surface area (Å²) in [6, 6.07) is 9.54. The Morgan fingerprint density at radius 3 is 1.94 bits per heavy atom. The zero-order chi connectivity index (χ0) is 35.7. The van der Waals surface area contributed by atoms with Crippen LogP contribution in [-0.4, -0.2) is 97.8 Å². The number of rotatable bonds is 24. The van der Waals surface area contributed by atoms with E-state index in [1.807, 2.05) is 37.3 Å². The van der Waals surface area contributed by atoms with Crippen molar-refractivity contribution in [2.75, 3.05) is 31.5 Å². The van der Waals surface area contributed by atoms with Gasteiger partial charge in [0.05, 0.1) is 0 Å². The molecule has 1 rings (SSSR count). The summed E-state index contributed by atoms with van der Waals surface area (Å²) < 4.78 is 0. The number of para-hydroxylation sites is 1. The maximum absolute atomic E-state index is 12.6. The molecule has 0 aliphatic heterocycles. The lowest BCUT2D eigenvalue weighted by Gasteiger charge is -2.27. The number of thiocarbonyl (C=S) groups is 1. The molecule has 1 atom stereocenters. The molecule has 16 heteroatoms. The Morgan fingerprint density at radius 2 is 1.31 bits per heavy atom. The van der Waals surface area contributed by atoms with Crippen molar-refractivity contribution in [3.8, 4) is 0 Å². The normalized spacial score (nSPS) is 11.2. The third-order valence-electron chi connectivity index (χ3n) is 7.23. The van der Waals surface area contributed by atoms with E-state index < -0.39 is 29.8 Å². The first-order valence-electron chi connectivity index (χ1n) is 16.6. The van der Waals surface area contributed by atoms with Crippen molar-refractivity contribution in [1.82, 2.24) is 31.1 Å². The third-order valence-corrected chi connectivity index (χ3v) is 7.47. The van der Waals surface area contributed by atoms with Gasteiger partial charge in [-0.2, -0.15) is 0 Å². The molecule has 0 saturated heterocycles. The molecule has 0 spiro atoms. The fourth-order valence-electron chi connectivity index (χ4n) is 4.39. The van der Waals surface area contributed by atoms with Gasteiger partial charge in [0.25, 0.3) is 0 Å². The van der Waals surface area contributed by atoms with E-state index in [2.05, 4.69) is 21.3 Å². The number of nitrogens with zero attached hydrogens (tertiary/aromatic N) is 3. The summed E-state index contributed by atoms with van der Waals surface area (Å²) >= 11 is 5.26. The fraction of sp³-hybridized carbons (Fsp3) is 0.625. The zero-order valence-electron chi connectivity index (χ0n) is 28.1. The highest BCUT2D eigenvalue weighted by atomic mass is 32.1. The second kappa shape index (κ2) is 25.2. The summed E-state index contributed by atoms with van der Waals surface area (Å²) in [6.45, 7) is 4.49. The highest BCUT2D eigenvalue weighted by Gasteiger charge is 2.24. The van der Waals surface area contributed by atoms with E-state index in [4.69, 9.17) is 12.2 Å². The number of hydrogen-bond acceptors (Lipinski definition) is 9. The number of nitrogens with one attached hydrogen (secondary N) is 4. The maximum atomic E-state index is 12.6. The van der Waals surface area contributed by atoms with Crippen LogP contribution in [0.5, 0.6) is 0 Å². The van der Waals surface area contributed by atoms with Crippen LogP contribution in [0.15, 0.2) is 30.3 Å². The lowest BCUT2D eigenvalue weighted by atomic mass is 10.1. The second-order valence-corrected chi connectivity index (χ2v) is 11.7. The van der Waals surface area contributed by atoms with Crippen LogP contribution < -0.4 is 21.3 Å². The Bertz CT molecular complexity index is 1140. The largest absolute Gasteiger partial charge is 0.362 e. The van der Waals surface area contributed by atoms with Gasteiger partial charge in [0.15, 0.2) is 5.11 Å². The van der Waals surface area contributed by atoms with Crippen LogP contribution in [0.2, 0.25) is 0 Å². The molecule has 0 fully saturated rings. The lowest BCUT2D eigenvalue weighted by molar-refractivity contribution is -0.181. The molecule has 1 aromatic carbocycles. The SMILES string of the molecule is CCCCC(NC(=O)CCC(=O)N(O)CCCCCNC(=S)Nc1ccccc1)N(O)C(=O)CCC(=O)NCCCCCN(O)C(C)=O. The van der Waals surface area contributed by atoms with Crippen LogP contribution in [0.25, 0.3) is 0 Å². The molecule has 0 bridgehead atoms. The van der Waals surface area contributed by atoms with Crippen LogP contribution >= 0.6 is 12.2 Å². The van der Waals surface area contributed by atoms with E-state index in [-0.39, 0.29) is 51.1 Å². The average molecular weight is 696 g/mol. The molecular weight excluding hydrogens is 642 g/mol. The van der Waals surface area contributed by atoms with Gasteiger partial charge in [0.1, 0.15) is 6.17 Å². The molecule has 15 nitrogen and oxygen atoms in total. The van der Waals surface area contributed by atoms with E-state index >= 15 is 0 Å². The first kappa shape index (κ1) is 42.2. The van der Waals surface area contributed by atoms with Crippen LogP contribution in [0, 0.1) is 0 Å². The van der Waals surface area contributed by atoms with E-state index in [9.17, 15) is 39.6 Å². The molecule has 48 heavy (non-hydrogen) atoms. The van der Waals surface area contributed by atoms with E-state index in [0.717, 1.165) is 24.9 Å². The molecule has 270 valence electrons. The molecular formula is C32H53N7O8S. The first-order valence-corrected chi connectivity index (χ1v) is 17.0. The van der Waals surface area contributed by atoms with Crippen LogP contribution in [0.4, 0.5) is 5.69 Å². The van der Waals surface area contributed by atoms with Gasteiger partial charge < -0.3 is 21.3 Å². The molecule has 0 saturated carbocycles. The molecule has 1 aromatic rings. The number of carbonyl (C=O) groups excluding carboxylic acids is 5. The number of amides is 5. The van der Waals surface area contributed by atoms with Gasteiger partial charge in [0.2, 0.25) is 29.5 Å². The van der Waals surface area contributed by atoms with E-state index in [0.29, 0.717) is 65.5 Å². The molecule has 0 aliphatic rings. The Labute approximate surface area is 288 Å². The van der Waals surface area contributed by atoms with Crippen LogP contribution in [0.1, 0.15) is 97.3 Å². The lowest BCUT2D eigenvalue weighted by Crippen LogP contribution is -2.49. The predicted molar refractivity (Wildman–Crippen MR) is 183 cm³/mol. The summed E-state index contributed by atoms with van der Waals surface area (Å²) in [5, 5.41) is 43.5. The van der Waals surface area contributed by atoms with Gasteiger partial charge in [-0.3, -0.25) is 39.6 Å². The van der Waals surface area contributed by atoms with Crippen molar-refractivity contribution in [2.45, 2.75) is 103 Å². The number of hydrogen-bond donors (Lipinski definition) is 7. The van der Waals surface area contributed by atoms with Crippen molar-refractivity contribution < 1.29 is 39.6 Å². The molecule has 0 heterocycles. The monoisotopic (exact) mass is 695 g/mol. The molecule has 5 amide bonds. The van der Waals surface area contributed by atoms with Crippen molar-refractivity contribution >= 4 is 52.6 Å². The summed E-state index contributed by atoms with van der Waals surface area (Å²) in [5.41, 5.74) is 0.888. The van der Waals surface area contributed by atoms with Gasteiger partial charge in [-0.15, -0.1) is 0 Å². The predicted octanol–water partition coefficient (Wildman–Crippen LogP) is 3.30. The Hall–Kier alpha value is -3.86. The summed E-state index contributed by atoms with van der Waals surface area (Å²) in [4.78, 5) is 60.6. The van der Waals surface area contributed by atoms with Crippen LogP contribution in [-0.2, 0) is 24.0 Å². The number of benzene rings is 1. The second-order valence-electron chi connectivity index (χ2n) is 11.3. The first-order chi connectivity index (χ1) is 22.9.